The molecule has 2 aromatic rings. The molecule has 5 N–H and O–H groups in total. The van der Waals surface area contributed by atoms with E-state index in [1.165, 1.54) is 6.42 Å². The van der Waals surface area contributed by atoms with Gasteiger partial charge in [-0.3, -0.25) is 10.00 Å². The molecule has 8 heteroatoms. The summed E-state index contributed by atoms with van der Waals surface area (Å²) < 4.78 is 0.850. The third kappa shape index (κ3) is 2.20. The van der Waals surface area contributed by atoms with Gasteiger partial charge in [-0.05, 0) is 53.7 Å². The number of guanidine groups is 2. The summed E-state index contributed by atoms with van der Waals surface area (Å²) in [5.74, 6) is 0.641. The van der Waals surface area contributed by atoms with Crippen molar-refractivity contribution in [2.24, 2.45) is 21.5 Å². The average molecular weight is 376 g/mol. The number of nitrogens with one attached hydrogen (secondary N) is 1. The molecular formula is C15H18BrN7. The van der Waals surface area contributed by atoms with Crippen molar-refractivity contribution in [2.45, 2.75) is 37.8 Å². The van der Waals surface area contributed by atoms with Gasteiger partial charge in [-0.25, -0.2) is 4.99 Å². The molecule has 7 nitrogen and oxygen atoms in total. The van der Waals surface area contributed by atoms with E-state index in [2.05, 4.69) is 31.1 Å². The summed E-state index contributed by atoms with van der Waals surface area (Å²) in [6.07, 6.45) is 5.22. The molecule has 1 saturated carbocycles. The molecule has 0 atom stereocenters. The van der Waals surface area contributed by atoms with E-state index in [1.807, 2.05) is 23.1 Å². The van der Waals surface area contributed by atoms with Gasteiger partial charge < -0.3 is 11.5 Å². The summed E-state index contributed by atoms with van der Waals surface area (Å²) in [7, 11) is 0. The fourth-order valence-electron chi connectivity index (χ4n) is 3.64. The SMILES string of the molecule is NC1=NC2(CCCCC2)N(c2cccc3c(Br)[nH]nc23)C(N)=N1. The highest BCUT2D eigenvalue weighted by atomic mass is 79.9. The number of hydrogen-bond acceptors (Lipinski definition) is 6. The molecule has 1 aliphatic carbocycles. The highest BCUT2D eigenvalue weighted by Gasteiger charge is 2.43. The molecule has 1 fully saturated rings. The number of hydrogen-bond donors (Lipinski definition) is 3. The minimum Gasteiger partial charge on any atom is -0.369 e. The smallest absolute Gasteiger partial charge is 0.220 e. The molecule has 1 aliphatic heterocycles. The lowest BCUT2D eigenvalue weighted by atomic mass is 9.87. The lowest BCUT2D eigenvalue weighted by Gasteiger charge is -2.45. The summed E-state index contributed by atoms with van der Waals surface area (Å²) in [5.41, 5.74) is 13.5. The van der Waals surface area contributed by atoms with Gasteiger partial charge in [0.25, 0.3) is 0 Å². The van der Waals surface area contributed by atoms with Crippen LogP contribution in [0.4, 0.5) is 5.69 Å². The Morgan fingerprint density at radius 3 is 2.74 bits per heavy atom. The number of fused-ring (bicyclic) bond motifs is 1. The van der Waals surface area contributed by atoms with Gasteiger partial charge in [-0.2, -0.15) is 10.1 Å². The lowest BCUT2D eigenvalue weighted by molar-refractivity contribution is 0.306. The summed E-state index contributed by atoms with van der Waals surface area (Å²) >= 11 is 3.49. The molecule has 1 spiro atoms. The van der Waals surface area contributed by atoms with Gasteiger partial charge >= 0.3 is 0 Å². The summed E-state index contributed by atoms with van der Waals surface area (Å²) in [6.45, 7) is 0. The molecule has 4 rings (SSSR count). The van der Waals surface area contributed by atoms with Crippen molar-refractivity contribution in [1.82, 2.24) is 10.2 Å². The zero-order valence-electron chi connectivity index (χ0n) is 12.6. The van der Waals surface area contributed by atoms with Crippen LogP contribution in [0.25, 0.3) is 10.9 Å². The van der Waals surface area contributed by atoms with Gasteiger partial charge in [0, 0.05) is 5.39 Å². The molecule has 2 heterocycles. The molecule has 0 bridgehead atoms. The van der Waals surface area contributed by atoms with Crippen molar-refractivity contribution in [3.63, 3.8) is 0 Å². The monoisotopic (exact) mass is 375 g/mol. The maximum atomic E-state index is 6.27. The number of rotatable bonds is 1. The van der Waals surface area contributed by atoms with Crippen molar-refractivity contribution < 1.29 is 0 Å². The van der Waals surface area contributed by atoms with E-state index in [0.717, 1.165) is 46.9 Å². The number of nitrogens with two attached hydrogens (primary N) is 2. The van der Waals surface area contributed by atoms with Crippen molar-refractivity contribution in [3.8, 4) is 0 Å². The van der Waals surface area contributed by atoms with Gasteiger partial charge in [0.1, 0.15) is 15.8 Å². The second-order valence-corrected chi connectivity index (χ2v) is 6.82. The fourth-order valence-corrected chi connectivity index (χ4v) is 4.05. The molecule has 120 valence electrons. The Labute approximate surface area is 142 Å². The molecular weight excluding hydrogens is 358 g/mol. The van der Waals surface area contributed by atoms with Gasteiger partial charge in [0.2, 0.25) is 11.9 Å². The van der Waals surface area contributed by atoms with Crippen LogP contribution in [0.15, 0.2) is 32.8 Å². The van der Waals surface area contributed by atoms with Gasteiger partial charge in [0.15, 0.2) is 0 Å². The zero-order chi connectivity index (χ0) is 16.0. The van der Waals surface area contributed by atoms with Gasteiger partial charge in [-0.1, -0.05) is 12.5 Å². The predicted octanol–water partition coefficient (Wildman–Crippen LogP) is 2.44. The normalized spacial score (nSPS) is 20.7. The van der Waals surface area contributed by atoms with Crippen LogP contribution < -0.4 is 16.4 Å². The Morgan fingerprint density at radius 1 is 1.17 bits per heavy atom. The molecule has 1 aromatic heterocycles. The largest absolute Gasteiger partial charge is 0.369 e. The Balaban J connectivity index is 1.92. The minimum atomic E-state index is -0.451. The number of aliphatic imine (C=N–C) groups is 2. The number of aromatic amines is 1. The van der Waals surface area contributed by atoms with E-state index in [1.54, 1.807) is 0 Å². The van der Waals surface area contributed by atoms with Gasteiger partial charge in [0.05, 0.1) is 5.69 Å². The first-order valence-corrected chi connectivity index (χ1v) is 8.52. The van der Waals surface area contributed by atoms with Crippen LogP contribution in [0.1, 0.15) is 32.1 Å². The quantitative estimate of drug-likeness (QED) is 0.710. The lowest BCUT2D eigenvalue weighted by Crippen LogP contribution is -2.58. The van der Waals surface area contributed by atoms with E-state index in [-0.39, 0.29) is 5.96 Å². The minimum absolute atomic E-state index is 0.260. The molecule has 0 radical (unpaired) electrons. The van der Waals surface area contributed by atoms with Crippen LogP contribution >= 0.6 is 15.9 Å². The van der Waals surface area contributed by atoms with Crippen LogP contribution in [-0.4, -0.2) is 27.8 Å². The van der Waals surface area contributed by atoms with Crippen molar-refractivity contribution in [3.05, 3.63) is 22.8 Å². The molecule has 1 aromatic carbocycles. The van der Waals surface area contributed by atoms with Crippen LogP contribution in [0, 0.1) is 0 Å². The van der Waals surface area contributed by atoms with E-state index in [9.17, 15) is 0 Å². The van der Waals surface area contributed by atoms with E-state index in [0.29, 0.717) is 5.96 Å². The van der Waals surface area contributed by atoms with Crippen molar-refractivity contribution in [1.29, 1.82) is 0 Å². The Kier molecular flexibility index (Phi) is 3.29. The topological polar surface area (TPSA) is 109 Å². The fraction of sp³-hybridized carbons (Fsp3) is 0.400. The maximum absolute atomic E-state index is 6.27. The average Bonchev–Trinajstić information content (AvgIpc) is 2.90. The highest BCUT2D eigenvalue weighted by Crippen LogP contribution is 2.41. The first-order chi connectivity index (χ1) is 11.1. The number of para-hydroxylation sites is 1. The Morgan fingerprint density at radius 2 is 1.96 bits per heavy atom. The van der Waals surface area contributed by atoms with Crippen LogP contribution in [0.5, 0.6) is 0 Å². The van der Waals surface area contributed by atoms with Crippen LogP contribution in [0.2, 0.25) is 0 Å². The first-order valence-electron chi connectivity index (χ1n) is 7.73. The Hall–Kier alpha value is -2.09. The Bertz CT molecular complexity index is 816. The number of nitrogens with zero attached hydrogens (tertiary/aromatic N) is 4. The molecule has 0 amide bonds. The third-order valence-electron chi connectivity index (χ3n) is 4.61. The molecule has 0 unspecified atom stereocenters. The standard InChI is InChI=1S/C15H18BrN7/c16-12-9-5-4-6-10(11(9)21-22-12)23-14(18)19-13(17)20-15(23)7-2-1-3-8-15/h4-6H,1-3,7-8H2,(H,21,22)(H4,17,18,19,20). The van der Waals surface area contributed by atoms with E-state index >= 15 is 0 Å². The number of halogens is 1. The summed E-state index contributed by atoms with van der Waals surface area (Å²) in [4.78, 5) is 10.9. The van der Waals surface area contributed by atoms with E-state index in [4.69, 9.17) is 16.5 Å². The molecule has 0 saturated heterocycles. The van der Waals surface area contributed by atoms with Crippen LogP contribution in [-0.2, 0) is 0 Å². The first kappa shape index (κ1) is 14.5. The maximum Gasteiger partial charge on any atom is 0.220 e. The number of benzene rings is 1. The number of anilines is 1. The highest BCUT2D eigenvalue weighted by molar-refractivity contribution is 9.10. The van der Waals surface area contributed by atoms with Gasteiger partial charge in [-0.15, -0.1) is 0 Å². The van der Waals surface area contributed by atoms with E-state index < -0.39 is 5.66 Å². The van der Waals surface area contributed by atoms with Crippen molar-refractivity contribution >= 4 is 44.4 Å². The number of H-pyrrole nitrogens is 1. The third-order valence-corrected chi connectivity index (χ3v) is 5.21. The second-order valence-electron chi connectivity index (χ2n) is 6.03. The molecule has 23 heavy (non-hydrogen) atoms. The second kappa shape index (κ2) is 5.23. The van der Waals surface area contributed by atoms with Crippen molar-refractivity contribution in [2.75, 3.05) is 4.90 Å². The summed E-state index contributed by atoms with van der Waals surface area (Å²) in [6, 6.07) is 6.00. The van der Waals surface area contributed by atoms with Crippen LogP contribution in [0.3, 0.4) is 0 Å². The summed E-state index contributed by atoms with van der Waals surface area (Å²) in [5, 5.41) is 8.39. The zero-order valence-corrected chi connectivity index (χ0v) is 14.2. The predicted molar refractivity (Wildman–Crippen MR) is 95.3 cm³/mol. The molecule has 2 aliphatic rings. The number of aromatic nitrogens is 2.